The van der Waals surface area contributed by atoms with Crippen LogP contribution in [0.4, 0.5) is 0 Å². The van der Waals surface area contributed by atoms with Gasteiger partial charge in [-0.05, 0) is 31.7 Å². The van der Waals surface area contributed by atoms with Gasteiger partial charge in [0.1, 0.15) is 0 Å². The van der Waals surface area contributed by atoms with Gasteiger partial charge in [-0.25, -0.2) is 0 Å². The van der Waals surface area contributed by atoms with Gasteiger partial charge < -0.3 is 4.74 Å². The molecule has 0 atom stereocenters. The van der Waals surface area contributed by atoms with Crippen molar-refractivity contribution in [3.8, 4) is 0 Å². The van der Waals surface area contributed by atoms with E-state index in [1.807, 2.05) is 6.92 Å². The maximum Gasteiger partial charge on any atom is 0.320 e. The average Bonchev–Trinajstić information content (AvgIpc) is 2.23. The molecule has 0 aromatic heterocycles. The molecule has 0 aliphatic carbocycles. The van der Waals surface area contributed by atoms with E-state index < -0.39 is 0 Å². The first-order valence-electron chi connectivity index (χ1n) is 7.33. The molecule has 0 spiro atoms. The van der Waals surface area contributed by atoms with E-state index in [0.29, 0.717) is 19.1 Å². The molecule has 0 aliphatic heterocycles. The monoisotopic (exact) mass is 257 g/mol. The molecule has 0 radical (unpaired) electrons. The molecule has 3 nitrogen and oxygen atoms in total. The van der Waals surface area contributed by atoms with Gasteiger partial charge in [-0.3, -0.25) is 9.69 Å². The van der Waals surface area contributed by atoms with Crippen LogP contribution in [0.25, 0.3) is 0 Å². The van der Waals surface area contributed by atoms with Crippen molar-refractivity contribution in [3.63, 3.8) is 0 Å². The van der Waals surface area contributed by atoms with Crippen molar-refractivity contribution >= 4 is 5.97 Å². The molecule has 0 aromatic rings. The summed E-state index contributed by atoms with van der Waals surface area (Å²) in [7, 11) is 0. The zero-order valence-electron chi connectivity index (χ0n) is 12.9. The van der Waals surface area contributed by atoms with Crippen LogP contribution in [0.1, 0.15) is 53.9 Å². The average molecular weight is 257 g/mol. The van der Waals surface area contributed by atoms with Crippen LogP contribution in [0.5, 0.6) is 0 Å². The largest absolute Gasteiger partial charge is 0.465 e. The van der Waals surface area contributed by atoms with Crippen LogP contribution in [0.15, 0.2) is 0 Å². The molecule has 18 heavy (non-hydrogen) atoms. The number of hydrogen-bond donors (Lipinski definition) is 0. The van der Waals surface area contributed by atoms with E-state index in [9.17, 15) is 4.79 Å². The third-order valence-corrected chi connectivity index (χ3v) is 2.79. The fourth-order valence-corrected chi connectivity index (χ4v) is 2.03. The van der Waals surface area contributed by atoms with E-state index >= 15 is 0 Å². The van der Waals surface area contributed by atoms with Crippen molar-refractivity contribution < 1.29 is 9.53 Å². The van der Waals surface area contributed by atoms with Crippen LogP contribution in [-0.4, -0.2) is 37.1 Å². The molecule has 0 rings (SSSR count). The number of ether oxygens (including phenoxy) is 1. The Morgan fingerprint density at radius 1 is 1.11 bits per heavy atom. The number of rotatable bonds is 10. The molecular formula is C15H31NO2. The summed E-state index contributed by atoms with van der Waals surface area (Å²) in [6, 6.07) is 0. The lowest BCUT2D eigenvalue weighted by Gasteiger charge is -2.23. The van der Waals surface area contributed by atoms with Crippen LogP contribution < -0.4 is 0 Å². The Balaban J connectivity index is 3.94. The van der Waals surface area contributed by atoms with E-state index in [1.165, 1.54) is 19.3 Å². The summed E-state index contributed by atoms with van der Waals surface area (Å²) in [5.41, 5.74) is 0. The summed E-state index contributed by atoms with van der Waals surface area (Å²) >= 11 is 0. The van der Waals surface area contributed by atoms with Gasteiger partial charge in [-0.2, -0.15) is 0 Å². The highest BCUT2D eigenvalue weighted by Gasteiger charge is 2.12. The molecular weight excluding hydrogens is 226 g/mol. The molecule has 0 aromatic carbocycles. The number of unbranched alkanes of at least 4 members (excludes halogenated alkanes) is 1. The SMILES string of the molecule is CCOC(=O)CN(CCCCC(C)C)CC(C)C. The summed E-state index contributed by atoms with van der Waals surface area (Å²) in [6.07, 6.45) is 3.69. The number of carbonyl (C=O) groups is 1. The summed E-state index contributed by atoms with van der Waals surface area (Å²) in [6.45, 7) is 13.6. The second kappa shape index (κ2) is 10.4. The van der Waals surface area contributed by atoms with Gasteiger partial charge >= 0.3 is 5.97 Å². The third-order valence-electron chi connectivity index (χ3n) is 2.79. The van der Waals surface area contributed by atoms with Crippen LogP contribution in [0.3, 0.4) is 0 Å². The summed E-state index contributed by atoms with van der Waals surface area (Å²) in [5, 5.41) is 0. The van der Waals surface area contributed by atoms with Gasteiger partial charge in [0.25, 0.3) is 0 Å². The van der Waals surface area contributed by atoms with Crippen LogP contribution in [-0.2, 0) is 9.53 Å². The normalized spacial score (nSPS) is 11.6. The number of hydrogen-bond acceptors (Lipinski definition) is 3. The Bertz CT molecular complexity index is 215. The number of esters is 1. The smallest absolute Gasteiger partial charge is 0.320 e. The molecule has 0 saturated carbocycles. The maximum atomic E-state index is 11.5. The minimum atomic E-state index is -0.0954. The van der Waals surface area contributed by atoms with Crippen LogP contribution >= 0.6 is 0 Å². The Labute approximate surface area is 113 Å². The molecule has 108 valence electrons. The molecule has 0 heterocycles. The lowest BCUT2D eigenvalue weighted by atomic mass is 10.1. The van der Waals surface area contributed by atoms with E-state index in [1.54, 1.807) is 0 Å². The zero-order chi connectivity index (χ0) is 14.0. The molecule has 0 fully saturated rings. The molecule has 0 amide bonds. The van der Waals surface area contributed by atoms with E-state index in [2.05, 4.69) is 32.6 Å². The highest BCUT2D eigenvalue weighted by molar-refractivity contribution is 5.71. The van der Waals surface area contributed by atoms with Gasteiger partial charge in [0.15, 0.2) is 0 Å². The minimum absolute atomic E-state index is 0.0954. The fourth-order valence-electron chi connectivity index (χ4n) is 2.03. The van der Waals surface area contributed by atoms with Crippen molar-refractivity contribution in [2.75, 3.05) is 26.2 Å². The van der Waals surface area contributed by atoms with Crippen LogP contribution in [0.2, 0.25) is 0 Å². The van der Waals surface area contributed by atoms with Crippen molar-refractivity contribution in [2.45, 2.75) is 53.9 Å². The maximum absolute atomic E-state index is 11.5. The van der Waals surface area contributed by atoms with Crippen molar-refractivity contribution in [2.24, 2.45) is 11.8 Å². The third kappa shape index (κ3) is 10.6. The molecule has 0 aliphatic rings. The highest BCUT2D eigenvalue weighted by Crippen LogP contribution is 2.08. The topological polar surface area (TPSA) is 29.5 Å². The van der Waals surface area contributed by atoms with Crippen molar-refractivity contribution in [1.29, 1.82) is 0 Å². The van der Waals surface area contributed by atoms with Crippen molar-refractivity contribution in [1.82, 2.24) is 4.90 Å². The van der Waals surface area contributed by atoms with Crippen molar-refractivity contribution in [3.05, 3.63) is 0 Å². The lowest BCUT2D eigenvalue weighted by Crippen LogP contribution is -2.34. The van der Waals surface area contributed by atoms with E-state index in [-0.39, 0.29) is 5.97 Å². The van der Waals surface area contributed by atoms with Gasteiger partial charge in [-0.1, -0.05) is 40.5 Å². The Kier molecular flexibility index (Phi) is 10.0. The molecule has 0 bridgehead atoms. The predicted molar refractivity (Wildman–Crippen MR) is 76.6 cm³/mol. The summed E-state index contributed by atoms with van der Waals surface area (Å²) in [4.78, 5) is 13.7. The number of carbonyl (C=O) groups excluding carboxylic acids is 1. The Hall–Kier alpha value is -0.570. The zero-order valence-corrected chi connectivity index (χ0v) is 12.9. The molecule has 3 heteroatoms. The van der Waals surface area contributed by atoms with Gasteiger partial charge in [0.05, 0.1) is 13.2 Å². The standard InChI is InChI=1S/C15H31NO2/c1-6-18-15(17)12-16(11-14(4)5)10-8-7-9-13(2)3/h13-14H,6-12H2,1-5H3. The van der Waals surface area contributed by atoms with Gasteiger partial charge in [0, 0.05) is 6.54 Å². The summed E-state index contributed by atoms with van der Waals surface area (Å²) in [5.74, 6) is 1.26. The van der Waals surface area contributed by atoms with Gasteiger partial charge in [-0.15, -0.1) is 0 Å². The molecule has 0 N–H and O–H groups in total. The quantitative estimate of drug-likeness (QED) is 0.444. The molecule has 0 unspecified atom stereocenters. The van der Waals surface area contributed by atoms with E-state index in [0.717, 1.165) is 19.0 Å². The van der Waals surface area contributed by atoms with Crippen LogP contribution in [0, 0.1) is 11.8 Å². The first kappa shape index (κ1) is 17.4. The predicted octanol–water partition coefficient (Wildman–Crippen LogP) is 3.33. The summed E-state index contributed by atoms with van der Waals surface area (Å²) < 4.78 is 5.02. The first-order chi connectivity index (χ1) is 8.45. The second-order valence-electron chi connectivity index (χ2n) is 5.82. The Morgan fingerprint density at radius 3 is 2.28 bits per heavy atom. The van der Waals surface area contributed by atoms with Gasteiger partial charge in [0.2, 0.25) is 0 Å². The number of nitrogens with zero attached hydrogens (tertiary/aromatic N) is 1. The minimum Gasteiger partial charge on any atom is -0.465 e. The van der Waals surface area contributed by atoms with E-state index in [4.69, 9.17) is 4.74 Å². The molecule has 0 saturated heterocycles. The Morgan fingerprint density at radius 2 is 1.78 bits per heavy atom. The highest BCUT2D eigenvalue weighted by atomic mass is 16.5. The lowest BCUT2D eigenvalue weighted by molar-refractivity contribution is -0.144. The fraction of sp³-hybridized carbons (Fsp3) is 0.933. The second-order valence-corrected chi connectivity index (χ2v) is 5.82. The first-order valence-corrected chi connectivity index (χ1v) is 7.33.